The van der Waals surface area contributed by atoms with Gasteiger partial charge in [0.05, 0.1) is 6.61 Å². The molecule has 6 heteroatoms. The second-order valence-electron chi connectivity index (χ2n) is 11.6. The molecule has 4 aliphatic carbocycles. The number of hydrogen-bond acceptors (Lipinski definition) is 4. The van der Waals surface area contributed by atoms with Crippen LogP contribution in [0.1, 0.15) is 49.7 Å². The molecule has 2 saturated heterocycles. The monoisotopic (exact) mass is 437 g/mol. The van der Waals surface area contributed by atoms with Crippen molar-refractivity contribution in [3.8, 4) is 5.75 Å². The maximum atomic E-state index is 13.0. The van der Waals surface area contributed by atoms with Crippen molar-refractivity contribution < 1.29 is 15.0 Å². The molecule has 3 N–H and O–H groups in total. The molecule has 172 valence electrons. The number of nitrogens with one attached hydrogen (secondary N) is 1. The maximum Gasteiger partial charge on any atom is 0.317 e. The normalized spacial score (nSPS) is 41.3. The van der Waals surface area contributed by atoms with Gasteiger partial charge in [-0.2, -0.15) is 0 Å². The minimum atomic E-state index is -0.0185. The molecule has 5 fully saturated rings. The van der Waals surface area contributed by atoms with Gasteiger partial charge >= 0.3 is 6.03 Å². The minimum absolute atomic E-state index is 0.00277. The van der Waals surface area contributed by atoms with Crippen molar-refractivity contribution in [1.29, 1.82) is 0 Å². The lowest BCUT2D eigenvalue weighted by molar-refractivity contribution is -0.101. The maximum absolute atomic E-state index is 13.0. The number of hydrogen-bond donors (Lipinski definition) is 3. The summed E-state index contributed by atoms with van der Waals surface area (Å²) in [6, 6.07) is 7.04. The first-order valence-corrected chi connectivity index (χ1v) is 12.8. The molecule has 0 aromatic heterocycles. The number of benzene rings is 1. The van der Waals surface area contributed by atoms with E-state index in [1.54, 1.807) is 0 Å². The molecule has 6 atom stereocenters. The minimum Gasteiger partial charge on any atom is -0.508 e. The predicted octanol–water partition coefficient (Wildman–Crippen LogP) is 2.47. The Morgan fingerprint density at radius 3 is 2.91 bits per heavy atom. The molecular formula is C26H35N3O3. The Morgan fingerprint density at radius 1 is 1.22 bits per heavy atom. The highest BCUT2D eigenvalue weighted by atomic mass is 16.3. The van der Waals surface area contributed by atoms with Gasteiger partial charge in [0.1, 0.15) is 5.75 Å². The van der Waals surface area contributed by atoms with Gasteiger partial charge in [-0.15, -0.1) is 0 Å². The predicted molar refractivity (Wildman–Crippen MR) is 120 cm³/mol. The third-order valence-corrected chi connectivity index (χ3v) is 10.4. The van der Waals surface area contributed by atoms with Gasteiger partial charge in [0.2, 0.25) is 0 Å². The van der Waals surface area contributed by atoms with Crippen LogP contribution in [0.5, 0.6) is 5.75 Å². The summed E-state index contributed by atoms with van der Waals surface area (Å²) < 4.78 is 0. The van der Waals surface area contributed by atoms with Crippen LogP contribution >= 0.6 is 0 Å². The highest BCUT2D eigenvalue weighted by Gasteiger charge is 2.76. The average Bonchev–Trinajstić information content (AvgIpc) is 3.47. The number of carbonyl (C=O) groups excluding carboxylic acids is 1. The van der Waals surface area contributed by atoms with E-state index in [1.165, 1.54) is 43.4 Å². The fraction of sp³-hybridized carbons (Fsp3) is 0.731. The third kappa shape index (κ3) is 2.35. The first-order chi connectivity index (χ1) is 15.6. The molecule has 3 saturated carbocycles. The largest absolute Gasteiger partial charge is 0.508 e. The van der Waals surface area contributed by atoms with Crippen LogP contribution in [-0.2, 0) is 11.8 Å². The third-order valence-electron chi connectivity index (χ3n) is 10.4. The molecule has 6 nitrogen and oxygen atoms in total. The number of fused-ring (bicyclic) bond motifs is 1. The van der Waals surface area contributed by atoms with Crippen molar-refractivity contribution in [3.63, 3.8) is 0 Å². The molecule has 2 amide bonds. The number of aliphatic hydroxyl groups is 1. The Kier molecular flexibility index (Phi) is 4.07. The van der Waals surface area contributed by atoms with E-state index in [2.05, 4.69) is 27.2 Å². The average molecular weight is 438 g/mol. The van der Waals surface area contributed by atoms with E-state index in [0.717, 1.165) is 38.3 Å². The number of nitrogens with zero attached hydrogens (tertiary/aromatic N) is 2. The Balaban J connectivity index is 1.33. The van der Waals surface area contributed by atoms with Gasteiger partial charge < -0.3 is 20.4 Å². The van der Waals surface area contributed by atoms with Gasteiger partial charge in [-0.25, -0.2) is 4.79 Å². The SMILES string of the molecule is O=C(NCCO)N1C[C@H]2C[C@@]34CCC1C2[C@@]31CCN(CC2CC2)[C@@H]4Cc2ccc(O)cc21. The lowest BCUT2D eigenvalue weighted by Gasteiger charge is -2.66. The fourth-order valence-electron chi connectivity index (χ4n) is 9.44. The van der Waals surface area contributed by atoms with E-state index in [9.17, 15) is 15.0 Å². The molecule has 4 bridgehead atoms. The van der Waals surface area contributed by atoms with Gasteiger partial charge in [-0.1, -0.05) is 6.07 Å². The van der Waals surface area contributed by atoms with Crippen molar-refractivity contribution >= 4 is 6.03 Å². The fourth-order valence-corrected chi connectivity index (χ4v) is 9.44. The highest BCUT2D eigenvalue weighted by molar-refractivity contribution is 5.75. The lowest BCUT2D eigenvalue weighted by atomic mass is 9.43. The van der Waals surface area contributed by atoms with Crippen LogP contribution in [0.3, 0.4) is 0 Å². The summed E-state index contributed by atoms with van der Waals surface area (Å²) in [5.41, 5.74) is 3.23. The number of piperidine rings is 1. The van der Waals surface area contributed by atoms with Gasteiger partial charge in [-0.3, -0.25) is 4.90 Å². The number of carbonyl (C=O) groups is 1. The standard InChI is InChI=1S/C26H35N3O3/c30-10-8-27-24(32)29-15-18-13-25-6-5-21(29)23(18)26(25)7-9-28(14-16-1-2-16)22(25)11-17-3-4-19(31)12-20(17)26/h3-4,12,16,18,21-23,30-31H,1-2,5-11,13-15H2,(H,27,32)/t18-,21?,22-,23?,25-,26+/m1/s1. The topological polar surface area (TPSA) is 76.0 Å². The summed E-state index contributed by atoms with van der Waals surface area (Å²) in [5.74, 6) is 2.33. The van der Waals surface area contributed by atoms with Crippen molar-refractivity contribution in [3.05, 3.63) is 29.3 Å². The number of rotatable bonds is 4. The number of amides is 2. The van der Waals surface area contributed by atoms with Gasteiger partial charge in [0.15, 0.2) is 0 Å². The molecule has 1 aromatic carbocycles. The van der Waals surface area contributed by atoms with E-state index >= 15 is 0 Å². The molecule has 7 rings (SSSR count). The van der Waals surface area contributed by atoms with Crippen LogP contribution in [-0.4, -0.2) is 70.9 Å². The Hall–Kier alpha value is -1.79. The molecule has 2 heterocycles. The second kappa shape index (κ2) is 6.63. The zero-order valence-electron chi connectivity index (χ0n) is 18.8. The number of urea groups is 1. The van der Waals surface area contributed by atoms with Gasteiger partial charge in [-0.05, 0) is 97.9 Å². The molecule has 0 spiro atoms. The van der Waals surface area contributed by atoms with Crippen molar-refractivity contribution in [2.45, 2.75) is 62.4 Å². The number of likely N-dealkylation sites (tertiary alicyclic amines) is 2. The highest BCUT2D eigenvalue weighted by Crippen LogP contribution is 2.75. The molecular weight excluding hydrogens is 402 g/mol. The van der Waals surface area contributed by atoms with E-state index in [0.29, 0.717) is 35.6 Å². The van der Waals surface area contributed by atoms with E-state index in [4.69, 9.17) is 0 Å². The quantitative estimate of drug-likeness (QED) is 0.677. The zero-order chi connectivity index (χ0) is 21.7. The van der Waals surface area contributed by atoms with Crippen LogP contribution in [0.4, 0.5) is 4.79 Å². The smallest absolute Gasteiger partial charge is 0.317 e. The second-order valence-corrected chi connectivity index (χ2v) is 11.6. The number of phenols is 1. The number of phenolic OH excluding ortho intramolecular Hbond substituents is 1. The molecule has 2 unspecified atom stereocenters. The summed E-state index contributed by atoms with van der Waals surface area (Å²) in [6.07, 6.45) is 8.59. The van der Waals surface area contributed by atoms with Crippen LogP contribution in [0.15, 0.2) is 18.2 Å². The Labute approximate surface area is 190 Å². The van der Waals surface area contributed by atoms with Crippen LogP contribution in [0.25, 0.3) is 0 Å². The molecule has 1 aromatic rings. The molecule has 32 heavy (non-hydrogen) atoms. The zero-order valence-corrected chi connectivity index (χ0v) is 18.8. The summed E-state index contributed by atoms with van der Waals surface area (Å²) in [5, 5.41) is 22.6. The summed E-state index contributed by atoms with van der Waals surface area (Å²) in [7, 11) is 0. The molecule has 6 aliphatic rings. The summed E-state index contributed by atoms with van der Waals surface area (Å²) in [6.45, 7) is 3.57. The van der Waals surface area contributed by atoms with Gasteiger partial charge in [0.25, 0.3) is 0 Å². The molecule has 0 radical (unpaired) electrons. The first-order valence-electron chi connectivity index (χ1n) is 12.8. The van der Waals surface area contributed by atoms with E-state index < -0.39 is 0 Å². The Morgan fingerprint density at radius 2 is 2.09 bits per heavy atom. The van der Waals surface area contributed by atoms with Crippen LogP contribution in [0, 0.1) is 23.2 Å². The van der Waals surface area contributed by atoms with Crippen molar-refractivity contribution in [1.82, 2.24) is 15.1 Å². The van der Waals surface area contributed by atoms with Gasteiger partial charge in [0, 0.05) is 37.1 Å². The number of aromatic hydroxyl groups is 1. The first kappa shape index (κ1) is 19.7. The summed E-state index contributed by atoms with van der Waals surface area (Å²) in [4.78, 5) is 17.9. The van der Waals surface area contributed by atoms with Crippen LogP contribution < -0.4 is 5.32 Å². The summed E-state index contributed by atoms with van der Waals surface area (Å²) >= 11 is 0. The molecule has 2 aliphatic heterocycles. The van der Waals surface area contributed by atoms with Crippen molar-refractivity contribution in [2.24, 2.45) is 23.2 Å². The van der Waals surface area contributed by atoms with E-state index in [1.807, 2.05) is 6.07 Å². The van der Waals surface area contributed by atoms with E-state index in [-0.39, 0.29) is 24.1 Å². The Bertz CT molecular complexity index is 964. The number of aliphatic hydroxyl groups excluding tert-OH is 1. The lowest BCUT2D eigenvalue weighted by Crippen LogP contribution is -2.70. The van der Waals surface area contributed by atoms with Crippen LogP contribution in [0.2, 0.25) is 0 Å². The van der Waals surface area contributed by atoms with Crippen molar-refractivity contribution in [2.75, 3.05) is 32.8 Å².